The number of pyridine rings is 1. The zero-order chi connectivity index (χ0) is 15.5. The summed E-state index contributed by atoms with van der Waals surface area (Å²) < 4.78 is 25.3. The van der Waals surface area contributed by atoms with Crippen molar-refractivity contribution in [2.45, 2.75) is 11.3 Å². The molecule has 0 spiro atoms. The summed E-state index contributed by atoms with van der Waals surface area (Å²) in [5.41, 5.74) is 0.567. The smallest absolute Gasteiger partial charge is 0.337 e. The zero-order valence-electron chi connectivity index (χ0n) is 10.9. The van der Waals surface area contributed by atoms with Gasteiger partial charge < -0.3 is 5.11 Å². The number of aromatic carboxylic acids is 1. The van der Waals surface area contributed by atoms with Crippen LogP contribution >= 0.6 is 15.9 Å². The quantitative estimate of drug-likeness (QED) is 0.875. The van der Waals surface area contributed by atoms with Gasteiger partial charge in [0.05, 0.1) is 16.2 Å². The van der Waals surface area contributed by atoms with Gasteiger partial charge in [-0.3, -0.25) is 4.98 Å². The van der Waals surface area contributed by atoms with Gasteiger partial charge in [0, 0.05) is 16.9 Å². The lowest BCUT2D eigenvalue weighted by Crippen LogP contribution is -2.14. The van der Waals surface area contributed by atoms with Crippen LogP contribution in [0.1, 0.15) is 15.9 Å². The zero-order valence-corrected chi connectivity index (χ0v) is 13.3. The van der Waals surface area contributed by atoms with E-state index in [1.807, 2.05) is 0 Å². The third-order valence-corrected chi connectivity index (χ3v) is 5.13. The molecule has 0 unspecified atom stereocenters. The summed E-state index contributed by atoms with van der Waals surface area (Å²) in [7, 11) is -3.70. The maximum absolute atomic E-state index is 12.4. The Labute approximate surface area is 130 Å². The van der Waals surface area contributed by atoms with Crippen molar-refractivity contribution in [3.05, 3.63) is 58.3 Å². The Bertz CT molecular complexity index is 760. The van der Waals surface area contributed by atoms with Crippen LogP contribution in [-0.4, -0.2) is 30.2 Å². The van der Waals surface area contributed by atoms with Crippen LogP contribution in [0.5, 0.6) is 0 Å². The van der Waals surface area contributed by atoms with E-state index in [1.54, 1.807) is 24.5 Å². The van der Waals surface area contributed by atoms with Crippen molar-refractivity contribution in [2.24, 2.45) is 0 Å². The lowest BCUT2D eigenvalue weighted by Gasteiger charge is -2.08. The third kappa shape index (κ3) is 3.89. The van der Waals surface area contributed by atoms with Gasteiger partial charge in [0.1, 0.15) is 0 Å². The highest BCUT2D eigenvalue weighted by Gasteiger charge is 2.22. The number of halogens is 1. The molecule has 0 atom stereocenters. The molecule has 0 aliphatic heterocycles. The van der Waals surface area contributed by atoms with E-state index in [0.29, 0.717) is 4.47 Å². The van der Waals surface area contributed by atoms with E-state index in [-0.39, 0.29) is 22.6 Å². The van der Waals surface area contributed by atoms with Gasteiger partial charge in [-0.2, -0.15) is 0 Å². The van der Waals surface area contributed by atoms with Crippen LogP contribution in [-0.2, 0) is 16.3 Å². The maximum Gasteiger partial charge on any atom is 0.337 e. The predicted molar refractivity (Wildman–Crippen MR) is 81.1 cm³/mol. The SMILES string of the molecule is O=C(O)c1ccc(Br)cc1S(=O)(=O)CCc1cccnc1. The van der Waals surface area contributed by atoms with Crippen LogP contribution in [0.2, 0.25) is 0 Å². The minimum atomic E-state index is -3.70. The second-order valence-corrected chi connectivity index (χ2v) is 7.37. The van der Waals surface area contributed by atoms with E-state index in [4.69, 9.17) is 5.11 Å². The van der Waals surface area contributed by atoms with Crippen molar-refractivity contribution >= 4 is 31.7 Å². The van der Waals surface area contributed by atoms with Crippen LogP contribution in [0.25, 0.3) is 0 Å². The molecule has 110 valence electrons. The van der Waals surface area contributed by atoms with Gasteiger partial charge in [0.15, 0.2) is 9.84 Å². The number of hydrogen-bond acceptors (Lipinski definition) is 4. The summed E-state index contributed by atoms with van der Waals surface area (Å²) >= 11 is 3.17. The normalized spacial score (nSPS) is 11.3. The topological polar surface area (TPSA) is 84.3 Å². The number of sulfone groups is 1. The molecule has 21 heavy (non-hydrogen) atoms. The Balaban J connectivity index is 2.31. The minimum absolute atomic E-state index is 0.171. The molecule has 0 fully saturated rings. The second kappa shape index (κ2) is 6.36. The van der Waals surface area contributed by atoms with Crippen LogP contribution < -0.4 is 0 Å². The lowest BCUT2D eigenvalue weighted by atomic mass is 10.2. The Hall–Kier alpha value is -1.73. The van der Waals surface area contributed by atoms with E-state index < -0.39 is 15.8 Å². The Morgan fingerprint density at radius 2 is 2.05 bits per heavy atom. The molecule has 1 heterocycles. The summed E-state index contributed by atoms with van der Waals surface area (Å²) in [5, 5.41) is 9.12. The van der Waals surface area contributed by atoms with E-state index in [0.717, 1.165) is 5.56 Å². The summed E-state index contributed by atoms with van der Waals surface area (Å²) in [4.78, 5) is 14.9. The summed E-state index contributed by atoms with van der Waals surface area (Å²) in [6.45, 7) is 0. The molecular weight excluding hydrogens is 358 g/mol. The molecule has 0 aliphatic rings. The average molecular weight is 370 g/mol. The highest BCUT2D eigenvalue weighted by Crippen LogP contribution is 2.23. The summed E-state index contributed by atoms with van der Waals surface area (Å²) in [6, 6.07) is 7.61. The molecule has 1 N–H and O–H groups in total. The van der Waals surface area contributed by atoms with Crippen molar-refractivity contribution in [1.29, 1.82) is 0 Å². The van der Waals surface area contributed by atoms with E-state index in [2.05, 4.69) is 20.9 Å². The predicted octanol–water partition coefficient (Wildman–Crippen LogP) is 2.56. The first-order chi connectivity index (χ1) is 9.90. The molecule has 2 rings (SSSR count). The van der Waals surface area contributed by atoms with E-state index in [9.17, 15) is 13.2 Å². The van der Waals surface area contributed by atoms with Gasteiger partial charge in [0.2, 0.25) is 0 Å². The van der Waals surface area contributed by atoms with Gasteiger partial charge in [-0.15, -0.1) is 0 Å². The van der Waals surface area contributed by atoms with Crippen molar-refractivity contribution in [2.75, 3.05) is 5.75 Å². The molecule has 1 aromatic heterocycles. The van der Waals surface area contributed by atoms with E-state index in [1.165, 1.54) is 18.2 Å². The van der Waals surface area contributed by atoms with Gasteiger partial charge >= 0.3 is 5.97 Å². The monoisotopic (exact) mass is 369 g/mol. The Kier molecular flexibility index (Phi) is 4.74. The molecule has 5 nitrogen and oxygen atoms in total. The molecular formula is C14H12BrNO4S. The fourth-order valence-electron chi connectivity index (χ4n) is 1.84. The molecule has 1 aromatic carbocycles. The first-order valence-corrected chi connectivity index (χ1v) is 8.49. The van der Waals surface area contributed by atoms with Gasteiger partial charge in [-0.1, -0.05) is 22.0 Å². The molecule has 0 radical (unpaired) electrons. The molecule has 7 heteroatoms. The Morgan fingerprint density at radius 3 is 2.67 bits per heavy atom. The summed E-state index contributed by atoms with van der Waals surface area (Å²) in [6.07, 6.45) is 3.48. The molecule has 0 amide bonds. The van der Waals surface area contributed by atoms with Crippen LogP contribution in [0, 0.1) is 0 Å². The number of carboxylic acids is 1. The molecule has 0 saturated heterocycles. The number of carboxylic acid groups (broad SMARTS) is 1. The largest absolute Gasteiger partial charge is 0.478 e. The summed E-state index contributed by atoms with van der Waals surface area (Å²) in [5.74, 6) is -1.43. The van der Waals surface area contributed by atoms with Crippen molar-refractivity contribution in [3.8, 4) is 0 Å². The maximum atomic E-state index is 12.4. The molecule has 2 aromatic rings. The fraction of sp³-hybridized carbons (Fsp3) is 0.143. The fourth-order valence-corrected chi connectivity index (χ4v) is 3.87. The number of nitrogens with zero attached hydrogens (tertiary/aromatic N) is 1. The standard InChI is InChI=1S/C14H12BrNO4S/c15-11-3-4-12(14(17)18)13(8-11)21(19,20)7-5-10-2-1-6-16-9-10/h1-4,6,8-9H,5,7H2,(H,17,18). The van der Waals surface area contributed by atoms with Crippen molar-refractivity contribution in [1.82, 2.24) is 4.98 Å². The lowest BCUT2D eigenvalue weighted by molar-refractivity contribution is 0.0692. The van der Waals surface area contributed by atoms with Gasteiger partial charge in [-0.25, -0.2) is 13.2 Å². The first-order valence-electron chi connectivity index (χ1n) is 6.04. The van der Waals surface area contributed by atoms with Crippen LogP contribution in [0.4, 0.5) is 0 Å². The minimum Gasteiger partial charge on any atom is -0.478 e. The van der Waals surface area contributed by atoms with Crippen LogP contribution in [0.3, 0.4) is 0 Å². The second-order valence-electron chi connectivity index (χ2n) is 4.38. The number of benzene rings is 1. The first kappa shape index (κ1) is 15.7. The Morgan fingerprint density at radius 1 is 1.29 bits per heavy atom. The number of hydrogen-bond donors (Lipinski definition) is 1. The number of rotatable bonds is 5. The number of aryl methyl sites for hydroxylation is 1. The van der Waals surface area contributed by atoms with Gasteiger partial charge in [-0.05, 0) is 36.2 Å². The van der Waals surface area contributed by atoms with Gasteiger partial charge in [0.25, 0.3) is 0 Å². The van der Waals surface area contributed by atoms with Crippen LogP contribution in [0.15, 0.2) is 52.1 Å². The average Bonchev–Trinajstić information content (AvgIpc) is 2.46. The number of aromatic nitrogens is 1. The van der Waals surface area contributed by atoms with E-state index >= 15 is 0 Å². The molecule has 0 saturated carbocycles. The van der Waals surface area contributed by atoms with Crippen molar-refractivity contribution in [3.63, 3.8) is 0 Å². The van der Waals surface area contributed by atoms with Crippen molar-refractivity contribution < 1.29 is 18.3 Å². The highest BCUT2D eigenvalue weighted by molar-refractivity contribution is 9.10. The molecule has 0 bridgehead atoms. The number of carbonyl (C=O) groups is 1. The highest BCUT2D eigenvalue weighted by atomic mass is 79.9. The third-order valence-electron chi connectivity index (χ3n) is 2.89. The molecule has 0 aliphatic carbocycles.